The van der Waals surface area contributed by atoms with Gasteiger partial charge in [0.2, 0.25) is 0 Å². The minimum atomic E-state index is -4.31. The SMILES string of the molecule is Cc1ccc(-c2cccc(C(C)C)c2)cc1C(F)(F)F. The fraction of sp³-hybridized carbons (Fsp3) is 0.294. The van der Waals surface area contributed by atoms with Crippen LogP contribution in [0.15, 0.2) is 42.5 Å². The predicted octanol–water partition coefficient (Wildman–Crippen LogP) is 5.80. The molecule has 0 saturated heterocycles. The topological polar surface area (TPSA) is 0 Å². The molecule has 2 rings (SSSR count). The van der Waals surface area contributed by atoms with Crippen LogP contribution in [-0.2, 0) is 6.18 Å². The molecule has 0 aliphatic rings. The predicted molar refractivity (Wildman–Crippen MR) is 75.7 cm³/mol. The number of hydrogen-bond donors (Lipinski definition) is 0. The number of halogens is 3. The standard InChI is InChI=1S/C17H17F3/c1-11(2)13-5-4-6-14(9-13)15-8-7-12(3)16(10-15)17(18,19)20/h4-11H,1-3H3. The minimum Gasteiger partial charge on any atom is -0.166 e. The first-order valence-corrected chi connectivity index (χ1v) is 6.57. The van der Waals surface area contributed by atoms with Gasteiger partial charge in [-0.3, -0.25) is 0 Å². The van der Waals surface area contributed by atoms with Crippen LogP contribution in [0.4, 0.5) is 13.2 Å². The number of aryl methyl sites for hydroxylation is 1. The van der Waals surface area contributed by atoms with Gasteiger partial charge in [0.15, 0.2) is 0 Å². The van der Waals surface area contributed by atoms with Gasteiger partial charge in [-0.05, 0) is 41.2 Å². The molecule has 0 aromatic heterocycles. The van der Waals surface area contributed by atoms with Gasteiger partial charge in [-0.15, -0.1) is 0 Å². The van der Waals surface area contributed by atoms with E-state index in [1.54, 1.807) is 6.07 Å². The van der Waals surface area contributed by atoms with Gasteiger partial charge in [-0.1, -0.05) is 50.2 Å². The molecule has 0 aliphatic carbocycles. The Morgan fingerprint density at radius 2 is 1.55 bits per heavy atom. The van der Waals surface area contributed by atoms with Crippen molar-refractivity contribution >= 4 is 0 Å². The third-order valence-electron chi connectivity index (χ3n) is 3.43. The molecule has 20 heavy (non-hydrogen) atoms. The Balaban J connectivity index is 2.51. The Morgan fingerprint density at radius 3 is 2.15 bits per heavy atom. The molecule has 2 aromatic rings. The van der Waals surface area contributed by atoms with Gasteiger partial charge in [0, 0.05) is 0 Å². The van der Waals surface area contributed by atoms with Crippen LogP contribution in [0.25, 0.3) is 11.1 Å². The largest absolute Gasteiger partial charge is 0.416 e. The van der Waals surface area contributed by atoms with Crippen LogP contribution in [0, 0.1) is 6.92 Å². The van der Waals surface area contributed by atoms with E-state index in [-0.39, 0.29) is 5.56 Å². The molecular formula is C17H17F3. The molecule has 0 saturated carbocycles. The summed E-state index contributed by atoms with van der Waals surface area (Å²) in [5.74, 6) is 0.350. The van der Waals surface area contributed by atoms with E-state index in [9.17, 15) is 13.2 Å². The second-order valence-corrected chi connectivity index (χ2v) is 5.31. The lowest BCUT2D eigenvalue weighted by atomic mass is 9.95. The summed E-state index contributed by atoms with van der Waals surface area (Å²) in [6.07, 6.45) is -4.31. The molecule has 2 aromatic carbocycles. The average molecular weight is 278 g/mol. The van der Waals surface area contributed by atoms with Crippen molar-refractivity contribution in [3.05, 3.63) is 59.2 Å². The van der Waals surface area contributed by atoms with Gasteiger partial charge in [0.1, 0.15) is 0 Å². The average Bonchev–Trinajstić information content (AvgIpc) is 2.38. The number of benzene rings is 2. The van der Waals surface area contributed by atoms with Crippen molar-refractivity contribution in [2.45, 2.75) is 32.9 Å². The van der Waals surface area contributed by atoms with Crippen molar-refractivity contribution in [1.82, 2.24) is 0 Å². The van der Waals surface area contributed by atoms with E-state index < -0.39 is 11.7 Å². The van der Waals surface area contributed by atoms with Crippen molar-refractivity contribution < 1.29 is 13.2 Å². The van der Waals surface area contributed by atoms with Gasteiger partial charge in [0.25, 0.3) is 0 Å². The van der Waals surface area contributed by atoms with Crippen molar-refractivity contribution in [2.75, 3.05) is 0 Å². The van der Waals surface area contributed by atoms with Gasteiger partial charge in [-0.2, -0.15) is 13.2 Å². The zero-order valence-electron chi connectivity index (χ0n) is 11.8. The summed E-state index contributed by atoms with van der Waals surface area (Å²) in [7, 11) is 0. The van der Waals surface area contributed by atoms with Gasteiger partial charge < -0.3 is 0 Å². The zero-order chi connectivity index (χ0) is 14.9. The lowest BCUT2D eigenvalue weighted by molar-refractivity contribution is -0.138. The molecule has 0 aliphatic heterocycles. The molecule has 0 radical (unpaired) electrons. The molecule has 0 nitrogen and oxygen atoms in total. The Labute approximate surface area is 117 Å². The van der Waals surface area contributed by atoms with Crippen LogP contribution in [0.2, 0.25) is 0 Å². The third-order valence-corrected chi connectivity index (χ3v) is 3.43. The molecule has 0 bridgehead atoms. The maximum absolute atomic E-state index is 13.0. The molecule has 3 heteroatoms. The second kappa shape index (κ2) is 5.31. The zero-order valence-corrected chi connectivity index (χ0v) is 11.8. The fourth-order valence-electron chi connectivity index (χ4n) is 2.18. The Bertz CT molecular complexity index is 610. The normalized spacial score (nSPS) is 11.9. The molecular weight excluding hydrogens is 261 g/mol. The van der Waals surface area contributed by atoms with Crippen LogP contribution in [0.1, 0.15) is 36.5 Å². The smallest absolute Gasteiger partial charge is 0.166 e. The highest BCUT2D eigenvalue weighted by Gasteiger charge is 2.32. The molecule has 0 amide bonds. The van der Waals surface area contributed by atoms with Crippen LogP contribution >= 0.6 is 0 Å². The Kier molecular flexibility index (Phi) is 3.89. The summed E-state index contributed by atoms with van der Waals surface area (Å²) in [5, 5.41) is 0. The molecule has 0 fully saturated rings. The van der Waals surface area contributed by atoms with E-state index in [0.717, 1.165) is 11.1 Å². The first kappa shape index (κ1) is 14.6. The summed E-state index contributed by atoms with van der Waals surface area (Å²) in [6, 6.07) is 12.2. The molecule has 0 heterocycles. The molecule has 0 atom stereocenters. The van der Waals surface area contributed by atoms with Crippen molar-refractivity contribution in [3.8, 4) is 11.1 Å². The van der Waals surface area contributed by atoms with E-state index in [1.165, 1.54) is 19.1 Å². The lowest BCUT2D eigenvalue weighted by Gasteiger charge is -2.13. The molecule has 0 N–H and O–H groups in total. The molecule has 0 spiro atoms. The van der Waals surface area contributed by atoms with Gasteiger partial charge in [-0.25, -0.2) is 0 Å². The van der Waals surface area contributed by atoms with E-state index in [2.05, 4.69) is 13.8 Å². The third kappa shape index (κ3) is 3.03. The van der Waals surface area contributed by atoms with E-state index in [0.29, 0.717) is 11.5 Å². The van der Waals surface area contributed by atoms with Crippen LogP contribution in [0.3, 0.4) is 0 Å². The van der Waals surface area contributed by atoms with Crippen molar-refractivity contribution in [1.29, 1.82) is 0 Å². The first-order chi connectivity index (χ1) is 9.29. The van der Waals surface area contributed by atoms with Gasteiger partial charge >= 0.3 is 6.18 Å². The van der Waals surface area contributed by atoms with E-state index in [4.69, 9.17) is 0 Å². The lowest BCUT2D eigenvalue weighted by Crippen LogP contribution is -2.07. The van der Waals surface area contributed by atoms with Crippen molar-refractivity contribution in [3.63, 3.8) is 0 Å². The van der Waals surface area contributed by atoms with Gasteiger partial charge in [0.05, 0.1) is 5.56 Å². The van der Waals surface area contributed by atoms with Crippen LogP contribution < -0.4 is 0 Å². The Hall–Kier alpha value is -1.77. The first-order valence-electron chi connectivity index (χ1n) is 6.57. The summed E-state index contributed by atoms with van der Waals surface area (Å²) in [6.45, 7) is 5.61. The number of rotatable bonds is 2. The van der Waals surface area contributed by atoms with Crippen LogP contribution in [-0.4, -0.2) is 0 Å². The highest BCUT2D eigenvalue weighted by Crippen LogP contribution is 2.35. The highest BCUT2D eigenvalue weighted by molar-refractivity contribution is 5.66. The summed E-state index contributed by atoms with van der Waals surface area (Å²) in [4.78, 5) is 0. The quantitative estimate of drug-likeness (QED) is 0.650. The van der Waals surface area contributed by atoms with E-state index >= 15 is 0 Å². The maximum Gasteiger partial charge on any atom is 0.416 e. The molecule has 106 valence electrons. The fourth-order valence-corrected chi connectivity index (χ4v) is 2.18. The molecule has 0 unspecified atom stereocenters. The highest BCUT2D eigenvalue weighted by atomic mass is 19.4. The van der Waals surface area contributed by atoms with Crippen LogP contribution in [0.5, 0.6) is 0 Å². The summed E-state index contributed by atoms with van der Waals surface area (Å²) in [5.41, 5.74) is 2.23. The minimum absolute atomic E-state index is 0.251. The second-order valence-electron chi connectivity index (χ2n) is 5.31. The van der Waals surface area contributed by atoms with E-state index in [1.807, 2.05) is 24.3 Å². The summed E-state index contributed by atoms with van der Waals surface area (Å²) >= 11 is 0. The Morgan fingerprint density at radius 1 is 0.900 bits per heavy atom. The number of hydrogen-bond acceptors (Lipinski definition) is 0. The maximum atomic E-state index is 13.0. The number of alkyl halides is 3. The monoisotopic (exact) mass is 278 g/mol. The van der Waals surface area contributed by atoms with Crippen molar-refractivity contribution in [2.24, 2.45) is 0 Å². The summed E-state index contributed by atoms with van der Waals surface area (Å²) < 4.78 is 38.9.